The van der Waals surface area contributed by atoms with Crippen LogP contribution in [0.4, 0.5) is 4.79 Å². The number of aliphatic carboxylic acids is 1. The number of nitrogens with one attached hydrogen (secondary N) is 1. The van der Waals surface area contributed by atoms with Gasteiger partial charge in [0.15, 0.2) is 0 Å². The smallest absolute Gasteiger partial charge is 0.407 e. The number of carboxylic acids is 1. The van der Waals surface area contributed by atoms with Crippen LogP contribution in [-0.2, 0) is 9.53 Å². The average molecular weight is 349 g/mol. The molecule has 5 heteroatoms. The molecule has 0 heterocycles. The lowest BCUT2D eigenvalue weighted by atomic mass is 9.98. The molecule has 1 aliphatic rings. The fourth-order valence-electron chi connectivity index (χ4n) is 3.33. The Bertz CT molecular complexity index is 823. The number of alkyl carbamates (subject to hydrolysis) is 1. The SMILES string of the molecule is C#CCC(CC(=O)O)NC(=O)OCC1c2ccccc2-c2ccccc21. The molecule has 5 nitrogen and oxygen atoms in total. The Labute approximate surface area is 152 Å². The van der Waals surface area contributed by atoms with Crippen LogP contribution in [0.1, 0.15) is 29.9 Å². The maximum absolute atomic E-state index is 12.1. The summed E-state index contributed by atoms with van der Waals surface area (Å²) in [6.07, 6.45) is 4.46. The first-order valence-corrected chi connectivity index (χ1v) is 8.37. The molecule has 132 valence electrons. The number of ether oxygens (including phenoxy) is 1. The Morgan fingerprint density at radius 1 is 1.12 bits per heavy atom. The highest BCUT2D eigenvalue weighted by atomic mass is 16.5. The number of terminal acetylenes is 1. The molecular weight excluding hydrogens is 330 g/mol. The van der Waals surface area contributed by atoms with Crippen LogP contribution in [-0.4, -0.2) is 29.8 Å². The third-order valence-corrected chi connectivity index (χ3v) is 4.45. The third kappa shape index (κ3) is 3.70. The minimum atomic E-state index is -1.02. The summed E-state index contributed by atoms with van der Waals surface area (Å²) in [4.78, 5) is 22.9. The summed E-state index contributed by atoms with van der Waals surface area (Å²) >= 11 is 0. The Morgan fingerprint density at radius 2 is 1.69 bits per heavy atom. The second-order valence-corrected chi connectivity index (χ2v) is 6.17. The zero-order valence-electron chi connectivity index (χ0n) is 14.1. The van der Waals surface area contributed by atoms with Crippen LogP contribution in [0.3, 0.4) is 0 Å². The topological polar surface area (TPSA) is 75.6 Å². The normalized spacial score (nSPS) is 13.2. The van der Waals surface area contributed by atoms with E-state index >= 15 is 0 Å². The first kappa shape index (κ1) is 17.6. The zero-order valence-corrected chi connectivity index (χ0v) is 14.1. The molecule has 0 saturated carbocycles. The molecule has 1 aliphatic carbocycles. The van der Waals surface area contributed by atoms with Crippen LogP contribution in [0.5, 0.6) is 0 Å². The zero-order chi connectivity index (χ0) is 18.5. The molecule has 2 aromatic carbocycles. The highest BCUT2D eigenvalue weighted by molar-refractivity contribution is 5.79. The Hall–Kier alpha value is -3.26. The highest BCUT2D eigenvalue weighted by Crippen LogP contribution is 2.44. The number of rotatable bonds is 6. The van der Waals surface area contributed by atoms with Crippen molar-refractivity contribution in [1.82, 2.24) is 5.32 Å². The van der Waals surface area contributed by atoms with Crippen LogP contribution >= 0.6 is 0 Å². The molecule has 2 aromatic rings. The molecule has 1 atom stereocenters. The number of benzene rings is 2. The van der Waals surface area contributed by atoms with Gasteiger partial charge in [-0.15, -0.1) is 12.3 Å². The van der Waals surface area contributed by atoms with Gasteiger partial charge in [-0.2, -0.15) is 0 Å². The molecule has 1 unspecified atom stereocenters. The van der Waals surface area contributed by atoms with Crippen molar-refractivity contribution in [3.63, 3.8) is 0 Å². The number of hydrogen-bond donors (Lipinski definition) is 2. The average Bonchev–Trinajstić information content (AvgIpc) is 2.94. The molecule has 0 aromatic heterocycles. The number of fused-ring (bicyclic) bond motifs is 3. The van der Waals surface area contributed by atoms with Gasteiger partial charge in [0.1, 0.15) is 6.61 Å². The van der Waals surface area contributed by atoms with Crippen molar-refractivity contribution < 1.29 is 19.4 Å². The Morgan fingerprint density at radius 3 is 2.23 bits per heavy atom. The molecule has 2 N–H and O–H groups in total. The molecular formula is C21H19NO4. The summed E-state index contributed by atoms with van der Waals surface area (Å²) in [5, 5.41) is 11.4. The second-order valence-electron chi connectivity index (χ2n) is 6.17. The monoisotopic (exact) mass is 349 g/mol. The minimum absolute atomic E-state index is 0.0429. The van der Waals surface area contributed by atoms with Gasteiger partial charge >= 0.3 is 12.1 Å². The van der Waals surface area contributed by atoms with E-state index in [-0.39, 0.29) is 25.4 Å². The molecule has 0 radical (unpaired) electrons. The van der Waals surface area contributed by atoms with E-state index in [0.29, 0.717) is 0 Å². The van der Waals surface area contributed by atoms with Crippen LogP contribution in [0.15, 0.2) is 48.5 Å². The predicted molar refractivity (Wildman–Crippen MR) is 97.7 cm³/mol. The first-order chi connectivity index (χ1) is 12.6. The molecule has 0 saturated heterocycles. The minimum Gasteiger partial charge on any atom is -0.481 e. The van der Waals surface area contributed by atoms with Gasteiger partial charge in [-0.05, 0) is 22.3 Å². The number of carboxylic acid groups (broad SMARTS) is 1. The van der Waals surface area contributed by atoms with Crippen LogP contribution in [0.2, 0.25) is 0 Å². The highest BCUT2D eigenvalue weighted by Gasteiger charge is 2.29. The van der Waals surface area contributed by atoms with Gasteiger partial charge in [-0.25, -0.2) is 4.79 Å². The molecule has 0 aliphatic heterocycles. The quantitative estimate of drug-likeness (QED) is 0.784. The van der Waals surface area contributed by atoms with Crippen molar-refractivity contribution in [2.75, 3.05) is 6.61 Å². The number of carbonyl (C=O) groups excluding carboxylic acids is 1. The van der Waals surface area contributed by atoms with Crippen molar-refractivity contribution in [2.45, 2.75) is 24.8 Å². The molecule has 3 rings (SSSR count). The Kier molecular flexibility index (Phi) is 5.23. The summed E-state index contributed by atoms with van der Waals surface area (Å²) in [7, 11) is 0. The Balaban J connectivity index is 1.69. The fraction of sp³-hybridized carbons (Fsp3) is 0.238. The number of carbonyl (C=O) groups is 2. The van der Waals surface area contributed by atoms with Crippen LogP contribution in [0.25, 0.3) is 11.1 Å². The summed E-state index contributed by atoms with van der Waals surface area (Å²) in [6, 6.07) is 15.5. The lowest BCUT2D eigenvalue weighted by molar-refractivity contribution is -0.137. The first-order valence-electron chi connectivity index (χ1n) is 8.37. The number of amides is 1. The van der Waals surface area contributed by atoms with Gasteiger partial charge in [0, 0.05) is 12.3 Å². The predicted octanol–water partition coefficient (Wildman–Crippen LogP) is 3.39. The fourth-order valence-corrected chi connectivity index (χ4v) is 3.33. The number of hydrogen-bond acceptors (Lipinski definition) is 3. The van der Waals surface area contributed by atoms with Crippen molar-refractivity contribution in [3.05, 3.63) is 59.7 Å². The summed E-state index contributed by atoms with van der Waals surface area (Å²) in [6.45, 7) is 0.176. The third-order valence-electron chi connectivity index (χ3n) is 4.45. The van der Waals surface area contributed by atoms with Gasteiger partial charge in [-0.1, -0.05) is 48.5 Å². The van der Waals surface area contributed by atoms with Gasteiger partial charge in [0.2, 0.25) is 0 Å². The van der Waals surface area contributed by atoms with Crippen molar-refractivity contribution in [3.8, 4) is 23.5 Å². The van der Waals surface area contributed by atoms with E-state index in [0.717, 1.165) is 22.3 Å². The van der Waals surface area contributed by atoms with Gasteiger partial charge < -0.3 is 15.2 Å². The van der Waals surface area contributed by atoms with Gasteiger partial charge in [0.25, 0.3) is 0 Å². The van der Waals surface area contributed by atoms with E-state index < -0.39 is 18.1 Å². The van der Waals surface area contributed by atoms with Crippen LogP contribution < -0.4 is 5.32 Å². The van der Waals surface area contributed by atoms with E-state index in [2.05, 4.69) is 23.4 Å². The van der Waals surface area contributed by atoms with Crippen molar-refractivity contribution in [1.29, 1.82) is 0 Å². The lowest BCUT2D eigenvalue weighted by Crippen LogP contribution is -2.37. The van der Waals surface area contributed by atoms with E-state index in [1.807, 2.05) is 36.4 Å². The molecule has 0 fully saturated rings. The lowest BCUT2D eigenvalue weighted by Gasteiger charge is -2.17. The summed E-state index contributed by atoms with van der Waals surface area (Å²) in [5.41, 5.74) is 4.53. The second kappa shape index (κ2) is 7.75. The van der Waals surface area contributed by atoms with Gasteiger partial charge in [-0.3, -0.25) is 4.79 Å². The maximum atomic E-state index is 12.1. The maximum Gasteiger partial charge on any atom is 0.407 e. The summed E-state index contributed by atoms with van der Waals surface area (Å²) in [5.74, 6) is 1.30. The van der Waals surface area contributed by atoms with E-state index in [9.17, 15) is 9.59 Å². The van der Waals surface area contributed by atoms with E-state index in [1.165, 1.54) is 0 Å². The standard InChI is InChI=1S/C21H19NO4/c1-2-7-14(12-20(23)24)22-21(25)26-13-19-17-10-5-3-8-15(17)16-9-4-6-11-18(16)19/h1,3-6,8-11,14,19H,7,12-13H2,(H,22,25)(H,23,24). The van der Waals surface area contributed by atoms with Crippen molar-refractivity contribution in [2.24, 2.45) is 0 Å². The molecule has 0 spiro atoms. The molecule has 1 amide bonds. The van der Waals surface area contributed by atoms with Gasteiger partial charge in [0.05, 0.1) is 12.5 Å². The largest absolute Gasteiger partial charge is 0.481 e. The van der Waals surface area contributed by atoms with Crippen molar-refractivity contribution >= 4 is 12.1 Å². The van der Waals surface area contributed by atoms with E-state index in [4.69, 9.17) is 16.3 Å². The molecule has 0 bridgehead atoms. The van der Waals surface area contributed by atoms with Crippen LogP contribution in [0, 0.1) is 12.3 Å². The summed E-state index contributed by atoms with van der Waals surface area (Å²) < 4.78 is 5.39. The van der Waals surface area contributed by atoms with E-state index in [1.54, 1.807) is 0 Å². The molecule has 26 heavy (non-hydrogen) atoms.